The number of nitrogens with one attached hydrogen (secondary N) is 1. The van der Waals surface area contributed by atoms with Gasteiger partial charge in [0.1, 0.15) is 5.82 Å². The Balaban J connectivity index is 1.70. The van der Waals surface area contributed by atoms with Crippen molar-refractivity contribution in [3.8, 4) is 0 Å². The lowest BCUT2D eigenvalue weighted by Crippen LogP contribution is -2.41. The minimum atomic E-state index is -0.303. The van der Waals surface area contributed by atoms with Crippen molar-refractivity contribution in [3.05, 3.63) is 44.2 Å². The number of rotatable bonds is 4. The van der Waals surface area contributed by atoms with Crippen LogP contribution in [0.25, 0.3) is 0 Å². The first-order chi connectivity index (χ1) is 11.4. The third kappa shape index (κ3) is 3.06. The summed E-state index contributed by atoms with van der Waals surface area (Å²) in [6, 6.07) is 1.76. The van der Waals surface area contributed by atoms with E-state index in [9.17, 15) is 9.59 Å². The maximum Gasteiger partial charge on any atom is 0.330 e. The van der Waals surface area contributed by atoms with Crippen LogP contribution in [0.2, 0.25) is 0 Å². The second-order valence-corrected chi connectivity index (χ2v) is 6.71. The Bertz CT molecular complexity index is 860. The average Bonchev–Trinajstić information content (AvgIpc) is 2.98. The van der Waals surface area contributed by atoms with Gasteiger partial charge in [-0.1, -0.05) is 13.8 Å². The highest BCUT2D eigenvalue weighted by Gasteiger charge is 2.22. The van der Waals surface area contributed by atoms with E-state index < -0.39 is 0 Å². The Morgan fingerprint density at radius 3 is 2.75 bits per heavy atom. The van der Waals surface area contributed by atoms with Crippen molar-refractivity contribution < 1.29 is 0 Å². The van der Waals surface area contributed by atoms with E-state index in [1.54, 1.807) is 7.05 Å². The summed E-state index contributed by atoms with van der Waals surface area (Å²) >= 11 is 0. The monoisotopic (exact) mass is 332 g/mol. The van der Waals surface area contributed by atoms with E-state index in [0.29, 0.717) is 18.2 Å². The van der Waals surface area contributed by atoms with Crippen LogP contribution in [0.15, 0.2) is 15.7 Å². The fourth-order valence-electron chi connectivity index (χ4n) is 2.94. The summed E-state index contributed by atoms with van der Waals surface area (Å²) in [5, 5.41) is 8.01. The third-order valence-corrected chi connectivity index (χ3v) is 4.59. The summed E-state index contributed by atoms with van der Waals surface area (Å²) in [7, 11) is 3.17. The molecule has 1 aliphatic rings. The highest BCUT2D eigenvalue weighted by molar-refractivity contribution is 5.04. The van der Waals surface area contributed by atoms with Gasteiger partial charge in [-0.2, -0.15) is 5.10 Å². The molecule has 2 aromatic rings. The number of aryl methyl sites for hydroxylation is 1. The molecule has 130 valence electrons. The Kier molecular flexibility index (Phi) is 4.40. The van der Waals surface area contributed by atoms with Crippen molar-refractivity contribution in [2.24, 2.45) is 14.1 Å². The second-order valence-electron chi connectivity index (χ2n) is 6.71. The molecule has 0 amide bonds. The van der Waals surface area contributed by atoms with Gasteiger partial charge in [0, 0.05) is 50.8 Å². The van der Waals surface area contributed by atoms with Crippen LogP contribution in [0.1, 0.15) is 43.5 Å². The zero-order chi connectivity index (χ0) is 17.4. The lowest BCUT2D eigenvalue weighted by Gasteiger charge is -2.24. The summed E-state index contributed by atoms with van der Waals surface area (Å²) in [6.45, 7) is 5.42. The van der Waals surface area contributed by atoms with Crippen molar-refractivity contribution in [3.63, 3.8) is 0 Å². The van der Waals surface area contributed by atoms with Crippen LogP contribution in [0.5, 0.6) is 0 Å². The van der Waals surface area contributed by atoms with E-state index >= 15 is 0 Å². The smallest absolute Gasteiger partial charge is 0.307 e. The molecule has 2 aromatic heterocycles. The summed E-state index contributed by atoms with van der Waals surface area (Å²) in [5.74, 6) is 2.25. The molecule has 3 rings (SSSR count). The number of nitrogens with zero attached hydrogens (tertiary/aromatic N) is 5. The van der Waals surface area contributed by atoms with Crippen LogP contribution in [-0.4, -0.2) is 29.9 Å². The predicted molar refractivity (Wildman–Crippen MR) is 90.0 cm³/mol. The van der Waals surface area contributed by atoms with Gasteiger partial charge in [-0.3, -0.25) is 13.9 Å². The maximum atomic E-state index is 12.0. The van der Waals surface area contributed by atoms with Gasteiger partial charge in [-0.15, -0.1) is 0 Å². The minimum absolute atomic E-state index is 0.248. The lowest BCUT2D eigenvalue weighted by atomic mass is 10.1. The molecule has 1 atom stereocenters. The summed E-state index contributed by atoms with van der Waals surface area (Å²) in [6.07, 6.45) is 1.85. The Morgan fingerprint density at radius 2 is 2.04 bits per heavy atom. The Morgan fingerprint density at radius 1 is 1.29 bits per heavy atom. The minimum Gasteiger partial charge on any atom is -0.307 e. The zero-order valence-corrected chi connectivity index (χ0v) is 14.6. The van der Waals surface area contributed by atoms with Gasteiger partial charge in [0.2, 0.25) is 0 Å². The number of fused-ring (bicyclic) bond motifs is 1. The topological polar surface area (TPSA) is 86.7 Å². The van der Waals surface area contributed by atoms with Crippen LogP contribution in [0.3, 0.4) is 0 Å². The first kappa shape index (κ1) is 16.6. The molecule has 24 heavy (non-hydrogen) atoms. The lowest BCUT2D eigenvalue weighted by molar-refractivity contribution is 0.353. The number of hydrogen-bond acceptors (Lipinski definition) is 5. The van der Waals surface area contributed by atoms with Crippen LogP contribution in [0, 0.1) is 0 Å². The molecule has 0 saturated carbocycles. The highest BCUT2D eigenvalue weighted by Crippen LogP contribution is 2.17. The van der Waals surface area contributed by atoms with E-state index in [4.69, 9.17) is 0 Å². The normalized spacial score (nSPS) is 17.3. The molecule has 3 heterocycles. The molecule has 0 unspecified atom stereocenters. The highest BCUT2D eigenvalue weighted by atomic mass is 16.2. The van der Waals surface area contributed by atoms with Gasteiger partial charge in [-0.25, -0.2) is 14.5 Å². The van der Waals surface area contributed by atoms with Gasteiger partial charge in [0.05, 0.1) is 6.54 Å². The van der Waals surface area contributed by atoms with Crippen molar-refractivity contribution in [1.29, 1.82) is 0 Å². The molecule has 0 saturated heterocycles. The number of hydrogen-bond donors (Lipinski definition) is 1. The molecule has 0 bridgehead atoms. The fraction of sp³-hybridized carbons (Fsp3) is 0.625. The van der Waals surface area contributed by atoms with Crippen molar-refractivity contribution in [2.75, 3.05) is 0 Å². The van der Waals surface area contributed by atoms with E-state index in [-0.39, 0.29) is 17.3 Å². The van der Waals surface area contributed by atoms with Crippen molar-refractivity contribution in [2.45, 2.75) is 51.7 Å². The van der Waals surface area contributed by atoms with Crippen LogP contribution < -0.4 is 16.6 Å². The average molecular weight is 332 g/mol. The summed E-state index contributed by atoms with van der Waals surface area (Å²) < 4.78 is 4.59. The molecule has 0 aromatic carbocycles. The predicted octanol–water partition coefficient (Wildman–Crippen LogP) is -0.0965. The van der Waals surface area contributed by atoms with Gasteiger partial charge < -0.3 is 5.32 Å². The van der Waals surface area contributed by atoms with Gasteiger partial charge in [0.15, 0.2) is 5.82 Å². The van der Waals surface area contributed by atoms with Gasteiger partial charge in [-0.05, 0) is 6.42 Å². The van der Waals surface area contributed by atoms with Gasteiger partial charge >= 0.3 is 5.69 Å². The zero-order valence-electron chi connectivity index (χ0n) is 14.6. The largest absolute Gasteiger partial charge is 0.330 e. The molecule has 0 radical (unpaired) electrons. The van der Waals surface area contributed by atoms with E-state index in [1.165, 1.54) is 17.7 Å². The van der Waals surface area contributed by atoms with E-state index in [2.05, 4.69) is 29.2 Å². The first-order valence-corrected chi connectivity index (χ1v) is 8.29. The SMILES string of the molecule is CC(C)c1nc2n(n1)C[C@H](NCc1cc(=O)n(C)c(=O)n1C)CC2. The molecule has 1 aliphatic heterocycles. The Hall–Kier alpha value is -2.22. The van der Waals surface area contributed by atoms with Crippen LogP contribution in [0.4, 0.5) is 0 Å². The fourth-order valence-corrected chi connectivity index (χ4v) is 2.94. The van der Waals surface area contributed by atoms with Crippen molar-refractivity contribution >= 4 is 0 Å². The Labute approximate surface area is 140 Å². The molecule has 8 heteroatoms. The second kappa shape index (κ2) is 6.35. The molecule has 0 spiro atoms. The van der Waals surface area contributed by atoms with E-state index in [0.717, 1.165) is 35.6 Å². The maximum absolute atomic E-state index is 12.0. The molecule has 1 N–H and O–H groups in total. The molecule has 0 aliphatic carbocycles. The molecule has 0 fully saturated rings. The van der Waals surface area contributed by atoms with Crippen LogP contribution >= 0.6 is 0 Å². The summed E-state index contributed by atoms with van der Waals surface area (Å²) in [5.41, 5.74) is 0.108. The van der Waals surface area contributed by atoms with Crippen molar-refractivity contribution in [1.82, 2.24) is 29.2 Å². The van der Waals surface area contributed by atoms with Crippen LogP contribution in [-0.2, 0) is 33.6 Å². The molecular weight excluding hydrogens is 308 g/mol. The number of aromatic nitrogens is 5. The van der Waals surface area contributed by atoms with Gasteiger partial charge in [0.25, 0.3) is 5.56 Å². The summed E-state index contributed by atoms with van der Waals surface area (Å²) in [4.78, 5) is 28.3. The standard InChI is InChI=1S/C16H24N6O2/c1-10(2)15-18-13-6-5-11(9-22(13)19-15)17-8-12-7-14(23)21(4)16(24)20(12)3/h7,10-11,17H,5-6,8-9H2,1-4H3/t11-/m1/s1. The third-order valence-electron chi connectivity index (χ3n) is 4.59. The molecular formula is C16H24N6O2. The molecule has 8 nitrogen and oxygen atoms in total. The van der Waals surface area contributed by atoms with E-state index in [1.807, 2.05) is 4.68 Å². The first-order valence-electron chi connectivity index (χ1n) is 8.29. The quantitative estimate of drug-likeness (QED) is 0.845.